The van der Waals surface area contributed by atoms with Gasteiger partial charge in [-0.25, -0.2) is 4.98 Å². The molecule has 3 atom stereocenters. The van der Waals surface area contributed by atoms with Gasteiger partial charge in [-0.1, -0.05) is 93.9 Å². The summed E-state index contributed by atoms with van der Waals surface area (Å²) in [5.41, 5.74) is 6.29. The number of rotatable bonds is 21. The number of amides is 1. The number of nitrogens with one attached hydrogen (secondary N) is 1. The number of thiazole rings is 1. The molecular weight excluding hydrogens is 591 g/mol. The van der Waals surface area contributed by atoms with E-state index in [1.165, 1.54) is 43.2 Å². The molecule has 0 saturated carbocycles. The molecule has 256 valence electrons. The van der Waals surface area contributed by atoms with Gasteiger partial charge in [0.1, 0.15) is 10.8 Å². The van der Waals surface area contributed by atoms with Crippen LogP contribution in [0.1, 0.15) is 127 Å². The normalized spacial score (nSPS) is 16.3. The van der Waals surface area contributed by atoms with Crippen LogP contribution >= 0.6 is 11.3 Å². The number of Topliss-reactive ketones (excluding diaryl/α,β-unsaturated/α-hetero) is 2. The molecule has 0 radical (unpaired) electrons. The fraction of sp³-hybridized carbons (Fsp3) is 0.590. The Balaban J connectivity index is 0.00000160. The van der Waals surface area contributed by atoms with E-state index in [2.05, 4.69) is 79.9 Å². The number of allylic oxidation sites excluding steroid dienone is 10. The largest absolute Gasteiger partial charge is 0.347 e. The number of nitrogens with zero attached hydrogens (tertiary/aromatic N) is 1. The van der Waals surface area contributed by atoms with Crippen molar-refractivity contribution in [2.75, 3.05) is 0 Å². The van der Waals surface area contributed by atoms with Crippen molar-refractivity contribution in [2.45, 2.75) is 143 Å². The quantitative estimate of drug-likeness (QED) is 0.102. The summed E-state index contributed by atoms with van der Waals surface area (Å²) in [4.78, 5) is 41.2. The number of aromatic nitrogens is 1. The highest BCUT2D eigenvalue weighted by Crippen LogP contribution is 2.32. The van der Waals surface area contributed by atoms with Crippen LogP contribution in [0, 0.1) is 5.92 Å². The summed E-state index contributed by atoms with van der Waals surface area (Å²) < 4.78 is 0. The van der Waals surface area contributed by atoms with Crippen LogP contribution in [0.5, 0.6) is 0 Å². The number of fused-ring (bicyclic) bond motifs is 1. The van der Waals surface area contributed by atoms with E-state index in [1.54, 1.807) is 25.2 Å². The fourth-order valence-corrected chi connectivity index (χ4v) is 6.00. The van der Waals surface area contributed by atoms with Gasteiger partial charge in [-0.3, -0.25) is 14.4 Å². The van der Waals surface area contributed by atoms with Crippen LogP contribution in [0.15, 0.2) is 60.8 Å². The molecule has 0 fully saturated rings. The Labute approximate surface area is 283 Å². The lowest BCUT2D eigenvalue weighted by Gasteiger charge is -2.20. The number of unbranched alkanes of at least 4 members (excludes halogenated alkanes) is 2. The van der Waals surface area contributed by atoms with Gasteiger partial charge >= 0.3 is 0 Å². The van der Waals surface area contributed by atoms with E-state index in [-0.39, 0.29) is 23.5 Å². The maximum atomic E-state index is 12.7. The second kappa shape index (κ2) is 26.2. The van der Waals surface area contributed by atoms with Gasteiger partial charge < -0.3 is 11.1 Å². The Morgan fingerprint density at radius 1 is 0.913 bits per heavy atom. The van der Waals surface area contributed by atoms with E-state index >= 15 is 0 Å². The molecule has 1 heterocycles. The first-order valence-electron chi connectivity index (χ1n) is 17.5. The third kappa shape index (κ3) is 20.3. The molecule has 1 aliphatic carbocycles. The van der Waals surface area contributed by atoms with Gasteiger partial charge in [0.05, 0.1) is 24.2 Å². The Kier molecular flexibility index (Phi) is 23.4. The van der Waals surface area contributed by atoms with Crippen molar-refractivity contribution >= 4 is 28.8 Å². The summed E-state index contributed by atoms with van der Waals surface area (Å²) in [6.07, 6.45) is 36.5. The zero-order valence-corrected chi connectivity index (χ0v) is 30.1. The summed E-state index contributed by atoms with van der Waals surface area (Å²) in [5, 5.41) is 3.79. The first-order chi connectivity index (χ1) is 22.2. The summed E-state index contributed by atoms with van der Waals surface area (Å²) in [6, 6.07) is -0.760. The van der Waals surface area contributed by atoms with Crippen molar-refractivity contribution < 1.29 is 14.4 Å². The number of nitrogens with two attached hydrogens (primary N) is 1. The van der Waals surface area contributed by atoms with Crippen LogP contribution in [0.3, 0.4) is 0 Å². The van der Waals surface area contributed by atoms with E-state index < -0.39 is 6.04 Å². The topological polar surface area (TPSA) is 102 Å². The van der Waals surface area contributed by atoms with Crippen molar-refractivity contribution in [3.8, 4) is 0 Å². The van der Waals surface area contributed by atoms with E-state index in [0.29, 0.717) is 12.8 Å². The first kappa shape index (κ1) is 41.1. The highest BCUT2D eigenvalue weighted by atomic mass is 32.1. The average molecular weight is 652 g/mol. The number of aryl methyl sites for hydroxylation is 1. The summed E-state index contributed by atoms with van der Waals surface area (Å²) >= 11 is 1.71. The SMILES string of the molecule is CC(=O)[C@H](C)N.CC/C=C\C/C=C\C/C=C\C/C=C\C/C=C\CCCC(=O)N[C@@H](C)C(=O)Cc1nc2c(s1)C[C@H](CCCC)CC2. The van der Waals surface area contributed by atoms with E-state index in [4.69, 9.17) is 10.7 Å². The fourth-order valence-electron chi connectivity index (χ4n) is 4.76. The maximum absolute atomic E-state index is 12.7. The molecule has 0 aliphatic heterocycles. The lowest BCUT2D eigenvalue weighted by atomic mass is 9.87. The molecule has 2 rings (SSSR count). The standard InChI is InChI=1S/C35H52N2O2S.C4H9NO/c1-4-6-8-9-10-11-12-13-14-15-16-17-18-19-20-21-22-24-34(39)36-29(3)32(38)28-35-37-31-26-25-30(23-7-5-2)27-33(31)40-35;1-3(5)4(2)6/h6,8,10-11,13-14,16-17,19-20,29-30H,4-5,7,9,12,15,18,21-28H2,1-3H3,(H,36,39);3H,5H2,1-2H3/b8-6-,11-10-,14-13-,17-16-,20-19-;/t29-,30+;3-/m00/s1. The van der Waals surface area contributed by atoms with Crippen LogP contribution in [-0.2, 0) is 33.6 Å². The molecule has 1 aromatic heterocycles. The van der Waals surface area contributed by atoms with Crippen molar-refractivity contribution in [3.63, 3.8) is 0 Å². The number of ketones is 2. The molecule has 46 heavy (non-hydrogen) atoms. The van der Waals surface area contributed by atoms with Gasteiger partial charge in [0.25, 0.3) is 0 Å². The number of hydrogen-bond acceptors (Lipinski definition) is 6. The number of carbonyl (C=O) groups excluding carboxylic acids is 3. The van der Waals surface area contributed by atoms with Crippen LogP contribution in [0.25, 0.3) is 0 Å². The zero-order valence-electron chi connectivity index (χ0n) is 29.3. The predicted octanol–water partition coefficient (Wildman–Crippen LogP) is 8.90. The maximum Gasteiger partial charge on any atom is 0.220 e. The summed E-state index contributed by atoms with van der Waals surface area (Å²) in [6.45, 7) is 9.33. The van der Waals surface area contributed by atoms with Crippen LogP contribution in [-0.4, -0.2) is 34.5 Å². The van der Waals surface area contributed by atoms with Crippen LogP contribution in [0.4, 0.5) is 0 Å². The highest BCUT2D eigenvalue weighted by molar-refractivity contribution is 7.11. The summed E-state index contributed by atoms with van der Waals surface area (Å²) in [5.74, 6) is 0.796. The lowest BCUT2D eigenvalue weighted by Crippen LogP contribution is -2.39. The zero-order chi connectivity index (χ0) is 34.0. The van der Waals surface area contributed by atoms with Gasteiger partial charge in [-0.15, -0.1) is 11.3 Å². The predicted molar refractivity (Wildman–Crippen MR) is 196 cm³/mol. The Morgan fingerprint density at radius 3 is 2.02 bits per heavy atom. The average Bonchev–Trinajstić information content (AvgIpc) is 3.43. The van der Waals surface area contributed by atoms with Crippen molar-refractivity contribution in [1.29, 1.82) is 0 Å². The molecule has 0 aromatic carbocycles. The Bertz CT molecular complexity index is 1160. The second-order valence-corrected chi connectivity index (χ2v) is 13.3. The molecule has 6 nitrogen and oxygen atoms in total. The third-order valence-electron chi connectivity index (χ3n) is 7.81. The van der Waals surface area contributed by atoms with Crippen molar-refractivity contribution in [2.24, 2.45) is 11.7 Å². The molecule has 7 heteroatoms. The number of carbonyl (C=O) groups is 3. The second-order valence-electron chi connectivity index (χ2n) is 12.2. The van der Waals surface area contributed by atoms with E-state index in [9.17, 15) is 14.4 Å². The van der Waals surface area contributed by atoms with Crippen molar-refractivity contribution in [1.82, 2.24) is 10.3 Å². The molecule has 1 aliphatic rings. The molecule has 0 spiro atoms. The minimum absolute atomic E-state index is 0.0370. The molecule has 0 unspecified atom stereocenters. The van der Waals surface area contributed by atoms with Gasteiger partial charge in [0.15, 0.2) is 5.78 Å². The molecule has 0 saturated heterocycles. The molecule has 1 amide bonds. The molecule has 0 bridgehead atoms. The van der Waals surface area contributed by atoms with Crippen LogP contribution in [0.2, 0.25) is 0 Å². The van der Waals surface area contributed by atoms with Crippen molar-refractivity contribution in [3.05, 3.63) is 76.3 Å². The molecule has 3 N–H and O–H groups in total. The molecule has 1 aromatic rings. The first-order valence-corrected chi connectivity index (χ1v) is 18.3. The molecular formula is C39H61N3O3S. The Hall–Kier alpha value is -2.90. The van der Waals surface area contributed by atoms with Crippen LogP contribution < -0.4 is 11.1 Å². The third-order valence-corrected chi connectivity index (χ3v) is 8.93. The van der Waals surface area contributed by atoms with Gasteiger partial charge in [-0.2, -0.15) is 0 Å². The summed E-state index contributed by atoms with van der Waals surface area (Å²) in [7, 11) is 0. The lowest BCUT2D eigenvalue weighted by molar-refractivity contribution is -0.127. The van der Waals surface area contributed by atoms with Gasteiger partial charge in [-0.05, 0) is 90.9 Å². The minimum atomic E-state index is -0.473. The van der Waals surface area contributed by atoms with E-state index in [0.717, 1.165) is 68.7 Å². The monoisotopic (exact) mass is 651 g/mol. The Morgan fingerprint density at radius 2 is 1.48 bits per heavy atom. The van der Waals surface area contributed by atoms with Gasteiger partial charge in [0.2, 0.25) is 5.91 Å². The minimum Gasteiger partial charge on any atom is -0.347 e. The number of hydrogen-bond donors (Lipinski definition) is 2. The smallest absolute Gasteiger partial charge is 0.220 e. The van der Waals surface area contributed by atoms with Gasteiger partial charge in [0, 0.05) is 11.3 Å². The highest BCUT2D eigenvalue weighted by Gasteiger charge is 2.24. The van der Waals surface area contributed by atoms with E-state index in [1.807, 2.05) is 0 Å².